The minimum absolute atomic E-state index is 0.382. The lowest BCUT2D eigenvalue weighted by Gasteiger charge is -2.22. The molecule has 2 heterocycles. The first-order valence-electron chi connectivity index (χ1n) is 6.58. The summed E-state index contributed by atoms with van der Waals surface area (Å²) >= 11 is 5.91. The molecule has 4 nitrogen and oxygen atoms in total. The Labute approximate surface area is 113 Å². The molecule has 1 N–H and O–H groups in total. The van der Waals surface area contributed by atoms with Gasteiger partial charge in [-0.1, -0.05) is 11.6 Å². The highest BCUT2D eigenvalue weighted by molar-refractivity contribution is 6.30. The molecule has 0 saturated carbocycles. The standard InChI is InChI=1S/C13H20ClN3O/c1-10-8-16-13(17-12(10)14)18-7-3-5-11-4-2-6-15-9-11/h8,11,15H,2-7,9H2,1H3/t11-/m0/s1. The molecule has 1 aliphatic heterocycles. The molecule has 1 aromatic rings. The van der Waals surface area contributed by atoms with Crippen LogP contribution in [0.4, 0.5) is 0 Å². The van der Waals surface area contributed by atoms with Gasteiger partial charge < -0.3 is 10.1 Å². The molecule has 1 saturated heterocycles. The summed E-state index contributed by atoms with van der Waals surface area (Å²) in [5, 5.41) is 3.89. The number of nitrogens with zero attached hydrogens (tertiary/aromatic N) is 2. The van der Waals surface area contributed by atoms with Crippen molar-refractivity contribution in [2.45, 2.75) is 32.6 Å². The first kappa shape index (κ1) is 13.6. The van der Waals surface area contributed by atoms with Crippen LogP contribution in [0.1, 0.15) is 31.2 Å². The normalized spacial score (nSPS) is 19.8. The van der Waals surface area contributed by atoms with Crippen LogP contribution in [0.25, 0.3) is 0 Å². The van der Waals surface area contributed by atoms with Crippen LogP contribution < -0.4 is 10.1 Å². The molecule has 0 aromatic carbocycles. The topological polar surface area (TPSA) is 47.0 Å². The second-order valence-corrected chi connectivity index (χ2v) is 5.19. The smallest absolute Gasteiger partial charge is 0.317 e. The molecule has 0 unspecified atom stereocenters. The van der Waals surface area contributed by atoms with E-state index < -0.39 is 0 Å². The third kappa shape index (κ3) is 4.10. The maximum absolute atomic E-state index is 5.91. The van der Waals surface area contributed by atoms with E-state index in [4.69, 9.17) is 16.3 Å². The van der Waals surface area contributed by atoms with Gasteiger partial charge in [0, 0.05) is 11.8 Å². The minimum Gasteiger partial charge on any atom is -0.463 e. The zero-order valence-corrected chi connectivity index (χ0v) is 11.5. The molecule has 5 heteroatoms. The van der Waals surface area contributed by atoms with Gasteiger partial charge in [0.25, 0.3) is 0 Å². The minimum atomic E-state index is 0.382. The maximum Gasteiger partial charge on any atom is 0.317 e. The fourth-order valence-electron chi connectivity index (χ4n) is 2.18. The third-order valence-corrected chi connectivity index (χ3v) is 3.66. The Kier molecular flexibility index (Phi) is 5.20. The fraction of sp³-hybridized carbons (Fsp3) is 0.692. The van der Waals surface area contributed by atoms with Crippen LogP contribution in [0.15, 0.2) is 6.20 Å². The molecule has 2 rings (SSSR count). The largest absolute Gasteiger partial charge is 0.463 e. The Hall–Kier alpha value is -0.870. The van der Waals surface area contributed by atoms with E-state index in [1.807, 2.05) is 6.92 Å². The molecule has 1 fully saturated rings. The van der Waals surface area contributed by atoms with Gasteiger partial charge in [0.1, 0.15) is 5.15 Å². The number of hydrogen-bond donors (Lipinski definition) is 1. The van der Waals surface area contributed by atoms with Crippen molar-refractivity contribution >= 4 is 11.6 Å². The Morgan fingerprint density at radius 3 is 3.17 bits per heavy atom. The number of piperidine rings is 1. The van der Waals surface area contributed by atoms with Crippen molar-refractivity contribution in [3.05, 3.63) is 16.9 Å². The van der Waals surface area contributed by atoms with Gasteiger partial charge in [-0.3, -0.25) is 0 Å². The lowest BCUT2D eigenvalue weighted by Crippen LogP contribution is -2.29. The van der Waals surface area contributed by atoms with Crippen molar-refractivity contribution in [2.75, 3.05) is 19.7 Å². The number of aryl methyl sites for hydroxylation is 1. The Morgan fingerprint density at radius 1 is 1.56 bits per heavy atom. The second-order valence-electron chi connectivity index (χ2n) is 4.83. The number of hydrogen-bond acceptors (Lipinski definition) is 4. The molecule has 18 heavy (non-hydrogen) atoms. The quantitative estimate of drug-likeness (QED) is 0.659. The molecular formula is C13H20ClN3O. The van der Waals surface area contributed by atoms with Gasteiger partial charge in [0.2, 0.25) is 0 Å². The molecule has 0 bridgehead atoms. The lowest BCUT2D eigenvalue weighted by atomic mass is 9.95. The summed E-state index contributed by atoms with van der Waals surface area (Å²) in [6.07, 6.45) is 6.56. The summed E-state index contributed by atoms with van der Waals surface area (Å²) in [6, 6.07) is 0.382. The van der Waals surface area contributed by atoms with Crippen LogP contribution in [-0.2, 0) is 0 Å². The molecule has 0 amide bonds. The van der Waals surface area contributed by atoms with Crippen LogP contribution in [0.3, 0.4) is 0 Å². The molecule has 100 valence electrons. The average Bonchev–Trinajstić information content (AvgIpc) is 2.40. The molecule has 1 aliphatic rings. The first-order valence-corrected chi connectivity index (χ1v) is 6.96. The molecule has 0 aliphatic carbocycles. The monoisotopic (exact) mass is 269 g/mol. The van der Waals surface area contributed by atoms with Crippen LogP contribution in [0, 0.1) is 12.8 Å². The van der Waals surface area contributed by atoms with Crippen molar-refractivity contribution < 1.29 is 4.74 Å². The third-order valence-electron chi connectivity index (χ3n) is 3.27. The number of rotatable bonds is 5. The molecule has 0 radical (unpaired) electrons. The Balaban J connectivity index is 1.66. The predicted molar refractivity (Wildman–Crippen MR) is 72.1 cm³/mol. The van der Waals surface area contributed by atoms with Gasteiger partial charge in [-0.25, -0.2) is 4.98 Å². The van der Waals surface area contributed by atoms with Crippen molar-refractivity contribution in [1.82, 2.24) is 15.3 Å². The SMILES string of the molecule is Cc1cnc(OCCC[C@@H]2CCCNC2)nc1Cl. The van der Waals surface area contributed by atoms with E-state index in [0.29, 0.717) is 17.8 Å². The summed E-state index contributed by atoms with van der Waals surface area (Å²) in [4.78, 5) is 8.17. The highest BCUT2D eigenvalue weighted by Gasteiger charge is 2.12. The Bertz CT molecular complexity index is 380. The molecule has 1 atom stereocenters. The van der Waals surface area contributed by atoms with Crippen molar-refractivity contribution in [3.63, 3.8) is 0 Å². The summed E-state index contributed by atoms with van der Waals surface area (Å²) in [7, 11) is 0. The second kappa shape index (κ2) is 6.90. The fourth-order valence-corrected chi connectivity index (χ4v) is 2.30. The van der Waals surface area contributed by atoms with E-state index >= 15 is 0 Å². The van der Waals surface area contributed by atoms with Gasteiger partial charge in [-0.15, -0.1) is 0 Å². The number of ether oxygens (including phenoxy) is 1. The van der Waals surface area contributed by atoms with Crippen LogP contribution in [0.5, 0.6) is 6.01 Å². The van der Waals surface area contributed by atoms with E-state index in [9.17, 15) is 0 Å². The number of nitrogens with one attached hydrogen (secondary N) is 1. The van der Waals surface area contributed by atoms with Crippen molar-refractivity contribution in [1.29, 1.82) is 0 Å². The van der Waals surface area contributed by atoms with E-state index in [0.717, 1.165) is 24.4 Å². The molecule has 0 spiro atoms. The van der Waals surface area contributed by atoms with Crippen molar-refractivity contribution in [3.8, 4) is 6.01 Å². The highest BCUT2D eigenvalue weighted by atomic mass is 35.5. The van der Waals surface area contributed by atoms with E-state index in [-0.39, 0.29) is 0 Å². The Morgan fingerprint density at radius 2 is 2.44 bits per heavy atom. The maximum atomic E-state index is 5.91. The van der Waals surface area contributed by atoms with Gasteiger partial charge in [-0.2, -0.15) is 4.98 Å². The average molecular weight is 270 g/mol. The van der Waals surface area contributed by atoms with Gasteiger partial charge in [0.15, 0.2) is 0 Å². The van der Waals surface area contributed by atoms with E-state index in [2.05, 4.69) is 15.3 Å². The number of halogens is 1. The summed E-state index contributed by atoms with van der Waals surface area (Å²) < 4.78 is 5.51. The summed E-state index contributed by atoms with van der Waals surface area (Å²) in [6.45, 7) is 4.85. The summed E-state index contributed by atoms with van der Waals surface area (Å²) in [5.41, 5.74) is 0.872. The van der Waals surface area contributed by atoms with Crippen LogP contribution in [-0.4, -0.2) is 29.7 Å². The number of aromatic nitrogens is 2. The van der Waals surface area contributed by atoms with Gasteiger partial charge in [-0.05, 0) is 51.6 Å². The summed E-state index contributed by atoms with van der Waals surface area (Å²) in [5.74, 6) is 0.796. The molecule has 1 aromatic heterocycles. The zero-order valence-electron chi connectivity index (χ0n) is 10.8. The van der Waals surface area contributed by atoms with E-state index in [1.54, 1.807) is 6.20 Å². The van der Waals surface area contributed by atoms with Crippen molar-refractivity contribution in [2.24, 2.45) is 5.92 Å². The lowest BCUT2D eigenvalue weighted by molar-refractivity contribution is 0.259. The van der Waals surface area contributed by atoms with Gasteiger partial charge >= 0.3 is 6.01 Å². The highest BCUT2D eigenvalue weighted by Crippen LogP contribution is 2.17. The van der Waals surface area contributed by atoms with Gasteiger partial charge in [0.05, 0.1) is 6.61 Å². The first-order chi connectivity index (χ1) is 8.75. The van der Waals surface area contributed by atoms with Crippen LogP contribution >= 0.6 is 11.6 Å². The van der Waals surface area contributed by atoms with E-state index in [1.165, 1.54) is 25.8 Å². The molecular weight excluding hydrogens is 250 g/mol. The zero-order chi connectivity index (χ0) is 12.8. The van der Waals surface area contributed by atoms with Crippen LogP contribution in [0.2, 0.25) is 5.15 Å². The predicted octanol–water partition coefficient (Wildman–Crippen LogP) is 2.60.